The van der Waals surface area contributed by atoms with Crippen LogP contribution in [0.2, 0.25) is 0 Å². The number of methoxy groups -OCH3 is 1. The molecule has 102 valence electrons. The standard InChI is InChI=1S/C7H11N3O.C6H7NO/c1-9-7-5(8)3-4-6(10-7)11-2;7-5-1-3-6(8)4-2-5/h3-4H,8H2,1-2H3,(H,9,10);1-4,8H,7H2. The summed E-state index contributed by atoms with van der Waals surface area (Å²) >= 11 is 0. The zero-order chi connectivity index (χ0) is 14.3. The smallest absolute Gasteiger partial charge is 0.215 e. The van der Waals surface area contributed by atoms with E-state index in [1.54, 1.807) is 50.6 Å². The molecule has 19 heavy (non-hydrogen) atoms. The molecule has 0 saturated carbocycles. The summed E-state index contributed by atoms with van der Waals surface area (Å²) in [6.07, 6.45) is 0. The molecular formula is C13H18N4O2. The molecule has 2 rings (SSSR count). The van der Waals surface area contributed by atoms with E-state index in [0.717, 1.165) is 0 Å². The zero-order valence-electron chi connectivity index (χ0n) is 10.9. The molecule has 1 aromatic carbocycles. The fraction of sp³-hybridized carbons (Fsp3) is 0.154. The van der Waals surface area contributed by atoms with Crippen LogP contribution in [0.15, 0.2) is 36.4 Å². The molecular weight excluding hydrogens is 244 g/mol. The molecule has 6 heteroatoms. The molecule has 0 bridgehead atoms. The minimum absolute atomic E-state index is 0.249. The van der Waals surface area contributed by atoms with Crippen LogP contribution < -0.4 is 21.5 Å². The molecule has 0 spiro atoms. The first kappa shape index (κ1) is 14.4. The number of nitrogens with two attached hydrogens (primary N) is 2. The van der Waals surface area contributed by atoms with Gasteiger partial charge >= 0.3 is 0 Å². The monoisotopic (exact) mass is 262 g/mol. The SMILES string of the molecule is CNc1nc(OC)ccc1N.Nc1ccc(O)cc1. The number of aromatic hydroxyl groups is 1. The van der Waals surface area contributed by atoms with Gasteiger partial charge in [-0.05, 0) is 30.3 Å². The molecule has 0 amide bonds. The van der Waals surface area contributed by atoms with Crippen molar-refractivity contribution in [1.82, 2.24) is 4.98 Å². The lowest BCUT2D eigenvalue weighted by atomic mass is 10.3. The fourth-order valence-electron chi connectivity index (χ4n) is 1.24. The van der Waals surface area contributed by atoms with Crippen molar-refractivity contribution in [3.63, 3.8) is 0 Å². The summed E-state index contributed by atoms with van der Waals surface area (Å²) in [5, 5.41) is 11.6. The van der Waals surface area contributed by atoms with E-state index < -0.39 is 0 Å². The molecule has 0 fully saturated rings. The van der Waals surface area contributed by atoms with Gasteiger partial charge in [0, 0.05) is 18.8 Å². The largest absolute Gasteiger partial charge is 0.508 e. The number of nitrogen functional groups attached to an aromatic ring is 2. The number of ether oxygens (including phenoxy) is 1. The average molecular weight is 262 g/mol. The Kier molecular flexibility index (Phi) is 5.28. The number of phenolic OH excluding ortho intramolecular Hbond substituents is 1. The van der Waals surface area contributed by atoms with Gasteiger partial charge in [0.05, 0.1) is 12.8 Å². The highest BCUT2D eigenvalue weighted by Crippen LogP contribution is 2.18. The summed E-state index contributed by atoms with van der Waals surface area (Å²) in [7, 11) is 3.33. The lowest BCUT2D eigenvalue weighted by Gasteiger charge is -2.04. The Labute approximate surface area is 112 Å². The maximum atomic E-state index is 8.70. The molecule has 1 aromatic heterocycles. The number of phenols is 1. The molecule has 0 aliphatic rings. The minimum Gasteiger partial charge on any atom is -0.508 e. The Morgan fingerprint density at radius 1 is 1.11 bits per heavy atom. The molecule has 6 N–H and O–H groups in total. The Bertz CT molecular complexity index is 494. The third-order valence-electron chi connectivity index (χ3n) is 2.24. The summed E-state index contributed by atoms with van der Waals surface area (Å²) in [6.45, 7) is 0. The number of nitrogens with zero attached hydrogens (tertiary/aromatic N) is 1. The van der Waals surface area contributed by atoms with E-state index in [-0.39, 0.29) is 5.75 Å². The number of benzene rings is 1. The molecule has 0 radical (unpaired) electrons. The van der Waals surface area contributed by atoms with Gasteiger partial charge in [-0.25, -0.2) is 0 Å². The molecule has 0 aliphatic carbocycles. The minimum atomic E-state index is 0.249. The van der Waals surface area contributed by atoms with Crippen molar-refractivity contribution < 1.29 is 9.84 Å². The fourth-order valence-corrected chi connectivity index (χ4v) is 1.24. The summed E-state index contributed by atoms with van der Waals surface area (Å²) in [5.74, 6) is 1.45. The van der Waals surface area contributed by atoms with E-state index in [4.69, 9.17) is 21.3 Å². The summed E-state index contributed by atoms with van der Waals surface area (Å²) in [5.41, 5.74) is 12.2. The van der Waals surface area contributed by atoms with Gasteiger partial charge in [-0.15, -0.1) is 0 Å². The second-order valence-corrected chi connectivity index (χ2v) is 3.63. The lowest BCUT2D eigenvalue weighted by molar-refractivity contribution is 0.398. The number of hydrogen-bond donors (Lipinski definition) is 4. The zero-order valence-corrected chi connectivity index (χ0v) is 10.9. The average Bonchev–Trinajstić information content (AvgIpc) is 2.43. The second-order valence-electron chi connectivity index (χ2n) is 3.63. The Morgan fingerprint density at radius 2 is 1.74 bits per heavy atom. The van der Waals surface area contributed by atoms with Crippen LogP contribution in [-0.2, 0) is 0 Å². The van der Waals surface area contributed by atoms with Gasteiger partial charge in [0.1, 0.15) is 5.75 Å². The van der Waals surface area contributed by atoms with E-state index in [2.05, 4.69) is 10.3 Å². The quantitative estimate of drug-likeness (QED) is 0.484. The maximum absolute atomic E-state index is 8.70. The van der Waals surface area contributed by atoms with Crippen LogP contribution >= 0.6 is 0 Å². The lowest BCUT2D eigenvalue weighted by Crippen LogP contribution is -1.99. The highest BCUT2D eigenvalue weighted by molar-refractivity contribution is 5.61. The van der Waals surface area contributed by atoms with Crippen molar-refractivity contribution in [3.8, 4) is 11.6 Å². The van der Waals surface area contributed by atoms with Crippen LogP contribution in [0.4, 0.5) is 17.2 Å². The first-order chi connectivity index (χ1) is 9.06. The molecule has 6 nitrogen and oxygen atoms in total. The van der Waals surface area contributed by atoms with E-state index in [1.165, 1.54) is 0 Å². The van der Waals surface area contributed by atoms with Crippen LogP contribution in [0.3, 0.4) is 0 Å². The van der Waals surface area contributed by atoms with Gasteiger partial charge in [0.2, 0.25) is 5.88 Å². The number of pyridine rings is 1. The normalized spacial score (nSPS) is 9.16. The van der Waals surface area contributed by atoms with E-state index in [1.807, 2.05) is 0 Å². The van der Waals surface area contributed by atoms with Crippen LogP contribution in [-0.4, -0.2) is 24.2 Å². The van der Waals surface area contributed by atoms with E-state index in [9.17, 15) is 0 Å². The van der Waals surface area contributed by atoms with Crippen LogP contribution in [0, 0.1) is 0 Å². The Hall–Kier alpha value is -2.63. The molecule has 2 aromatic rings. The van der Waals surface area contributed by atoms with Crippen LogP contribution in [0.25, 0.3) is 0 Å². The number of anilines is 3. The van der Waals surface area contributed by atoms with Gasteiger partial charge < -0.3 is 26.6 Å². The van der Waals surface area contributed by atoms with Crippen molar-refractivity contribution >= 4 is 17.2 Å². The van der Waals surface area contributed by atoms with Gasteiger partial charge in [-0.1, -0.05) is 0 Å². The molecule has 0 atom stereocenters. The van der Waals surface area contributed by atoms with E-state index >= 15 is 0 Å². The van der Waals surface area contributed by atoms with Gasteiger partial charge in [-0.3, -0.25) is 0 Å². The predicted octanol–water partition coefficient (Wildman–Crippen LogP) is 1.69. The topological polar surface area (TPSA) is 106 Å². The van der Waals surface area contributed by atoms with E-state index in [0.29, 0.717) is 23.1 Å². The summed E-state index contributed by atoms with van der Waals surface area (Å²) < 4.78 is 4.90. The van der Waals surface area contributed by atoms with Crippen molar-refractivity contribution in [2.24, 2.45) is 0 Å². The van der Waals surface area contributed by atoms with Crippen molar-refractivity contribution in [1.29, 1.82) is 0 Å². The molecule has 0 saturated heterocycles. The van der Waals surface area contributed by atoms with Crippen LogP contribution in [0.1, 0.15) is 0 Å². The van der Waals surface area contributed by atoms with Crippen molar-refractivity contribution in [2.75, 3.05) is 30.9 Å². The third-order valence-corrected chi connectivity index (χ3v) is 2.24. The Balaban J connectivity index is 0.000000200. The summed E-state index contributed by atoms with van der Waals surface area (Å²) in [4.78, 5) is 4.05. The van der Waals surface area contributed by atoms with Gasteiger partial charge in [-0.2, -0.15) is 4.98 Å². The van der Waals surface area contributed by atoms with Crippen molar-refractivity contribution in [2.45, 2.75) is 0 Å². The number of rotatable bonds is 2. The highest BCUT2D eigenvalue weighted by atomic mass is 16.5. The molecule has 0 aliphatic heterocycles. The number of aromatic nitrogens is 1. The first-order valence-electron chi connectivity index (χ1n) is 5.59. The molecule has 0 unspecified atom stereocenters. The second kappa shape index (κ2) is 6.95. The van der Waals surface area contributed by atoms with Crippen LogP contribution in [0.5, 0.6) is 11.6 Å². The number of nitrogens with one attached hydrogen (secondary N) is 1. The Morgan fingerprint density at radius 3 is 2.21 bits per heavy atom. The number of hydrogen-bond acceptors (Lipinski definition) is 6. The first-order valence-corrected chi connectivity index (χ1v) is 5.59. The maximum Gasteiger partial charge on any atom is 0.215 e. The third kappa shape index (κ3) is 4.63. The highest BCUT2D eigenvalue weighted by Gasteiger charge is 1.99. The summed E-state index contributed by atoms with van der Waals surface area (Å²) in [6, 6.07) is 9.86. The van der Waals surface area contributed by atoms with Gasteiger partial charge in [0.25, 0.3) is 0 Å². The molecule has 1 heterocycles. The van der Waals surface area contributed by atoms with Crippen molar-refractivity contribution in [3.05, 3.63) is 36.4 Å². The predicted molar refractivity (Wildman–Crippen MR) is 77.3 cm³/mol. The van der Waals surface area contributed by atoms with Gasteiger partial charge in [0.15, 0.2) is 5.82 Å².